The second-order valence-corrected chi connectivity index (χ2v) is 7.17. The fraction of sp³-hybridized carbons (Fsp3) is 0.273. The number of carbonyl (C=O) groups is 2. The molecule has 27 heavy (non-hydrogen) atoms. The third-order valence-electron chi connectivity index (χ3n) is 5.40. The molecule has 5 nitrogen and oxygen atoms in total. The van der Waals surface area contributed by atoms with Crippen molar-refractivity contribution in [3.8, 4) is 0 Å². The van der Waals surface area contributed by atoms with E-state index in [-0.39, 0.29) is 23.9 Å². The summed E-state index contributed by atoms with van der Waals surface area (Å²) in [4.78, 5) is 29.7. The molecule has 4 rings (SSSR count). The Hall–Kier alpha value is -3.08. The highest BCUT2D eigenvalue weighted by molar-refractivity contribution is 6.12. The number of hydrogen-bond donors (Lipinski definition) is 1. The van der Waals surface area contributed by atoms with E-state index in [1.165, 1.54) is 6.92 Å². The first-order valence-corrected chi connectivity index (χ1v) is 9.16. The Labute approximate surface area is 159 Å². The van der Waals surface area contributed by atoms with E-state index >= 15 is 0 Å². The van der Waals surface area contributed by atoms with Gasteiger partial charge in [0.2, 0.25) is 5.91 Å². The molecule has 2 heterocycles. The van der Waals surface area contributed by atoms with Gasteiger partial charge in [0.1, 0.15) is 17.9 Å². The van der Waals surface area contributed by atoms with Crippen LogP contribution in [0.3, 0.4) is 0 Å². The first-order chi connectivity index (χ1) is 13.0. The van der Waals surface area contributed by atoms with Crippen LogP contribution in [0.25, 0.3) is 0 Å². The van der Waals surface area contributed by atoms with Crippen LogP contribution >= 0.6 is 0 Å². The van der Waals surface area contributed by atoms with Crippen molar-refractivity contribution in [2.75, 3.05) is 21.7 Å². The molecule has 138 valence electrons. The largest absolute Gasteiger partial charge is 0.361 e. The van der Waals surface area contributed by atoms with Crippen LogP contribution in [0.15, 0.2) is 61.2 Å². The Balaban J connectivity index is 1.86. The minimum Gasteiger partial charge on any atom is -0.361 e. The number of nitrogens with zero attached hydrogens (tertiary/aromatic N) is 2. The number of para-hydroxylation sites is 2. The van der Waals surface area contributed by atoms with Crippen LogP contribution in [0.2, 0.25) is 0 Å². The monoisotopic (exact) mass is 361 g/mol. The molecule has 0 unspecified atom stereocenters. The van der Waals surface area contributed by atoms with Gasteiger partial charge in [-0.1, -0.05) is 35.9 Å². The number of fused-ring (bicyclic) bond motifs is 2. The fourth-order valence-electron chi connectivity index (χ4n) is 4.20. The minimum atomic E-state index is -0.711. The highest BCUT2D eigenvalue weighted by Crippen LogP contribution is 2.43. The Morgan fingerprint density at radius 1 is 1.19 bits per heavy atom. The van der Waals surface area contributed by atoms with Crippen molar-refractivity contribution in [2.45, 2.75) is 26.1 Å². The average molecular weight is 361 g/mol. The molecule has 1 saturated heterocycles. The third-order valence-corrected chi connectivity index (χ3v) is 5.40. The lowest BCUT2D eigenvalue weighted by atomic mass is 9.93. The minimum absolute atomic E-state index is 0.111. The van der Waals surface area contributed by atoms with Crippen LogP contribution in [0.4, 0.5) is 17.1 Å². The lowest BCUT2D eigenvalue weighted by Gasteiger charge is -2.43. The predicted octanol–water partition coefficient (Wildman–Crippen LogP) is 3.36. The van der Waals surface area contributed by atoms with E-state index in [2.05, 4.69) is 16.8 Å². The SMILES string of the molecule is C=CCN1c2ccccc2N[C@@H]2[C@@H]1[C@H](C(C)=O)C(=O)N2c1ccc(C)cc1. The normalized spacial score (nSPS) is 23.5. The number of carbonyl (C=O) groups excluding carboxylic acids is 2. The molecular formula is C22H23N3O2. The van der Waals surface area contributed by atoms with Crippen molar-refractivity contribution in [2.24, 2.45) is 5.92 Å². The van der Waals surface area contributed by atoms with Gasteiger partial charge in [0.15, 0.2) is 0 Å². The van der Waals surface area contributed by atoms with Gasteiger partial charge in [-0.3, -0.25) is 14.5 Å². The first-order valence-electron chi connectivity index (χ1n) is 9.16. The molecule has 3 atom stereocenters. The second kappa shape index (κ2) is 6.58. The lowest BCUT2D eigenvalue weighted by Crippen LogP contribution is -2.55. The van der Waals surface area contributed by atoms with E-state index in [0.717, 1.165) is 22.6 Å². The van der Waals surface area contributed by atoms with Gasteiger partial charge in [-0.25, -0.2) is 0 Å². The van der Waals surface area contributed by atoms with Crippen LogP contribution < -0.4 is 15.1 Å². The number of Topliss-reactive ketones (excluding diaryl/α,β-unsaturated/α-hetero) is 1. The lowest BCUT2D eigenvalue weighted by molar-refractivity contribution is -0.129. The highest BCUT2D eigenvalue weighted by Gasteiger charge is 2.55. The van der Waals surface area contributed by atoms with Crippen molar-refractivity contribution in [1.29, 1.82) is 0 Å². The van der Waals surface area contributed by atoms with Crippen molar-refractivity contribution in [3.05, 3.63) is 66.7 Å². The van der Waals surface area contributed by atoms with Gasteiger partial charge in [0, 0.05) is 12.2 Å². The Morgan fingerprint density at radius 3 is 2.56 bits per heavy atom. The predicted molar refractivity (Wildman–Crippen MR) is 108 cm³/mol. The number of amides is 1. The van der Waals surface area contributed by atoms with E-state index < -0.39 is 5.92 Å². The number of ketones is 1. The highest BCUT2D eigenvalue weighted by atomic mass is 16.2. The maximum Gasteiger partial charge on any atom is 0.241 e. The number of benzene rings is 2. The number of aryl methyl sites for hydroxylation is 1. The van der Waals surface area contributed by atoms with Gasteiger partial charge in [-0.2, -0.15) is 0 Å². The zero-order valence-corrected chi connectivity index (χ0v) is 15.6. The molecule has 2 aliphatic heterocycles. The molecule has 2 aromatic carbocycles. The zero-order chi connectivity index (χ0) is 19.1. The number of rotatable bonds is 4. The summed E-state index contributed by atoms with van der Waals surface area (Å²) in [5.41, 5.74) is 3.87. The van der Waals surface area contributed by atoms with Crippen LogP contribution in [-0.4, -0.2) is 30.4 Å². The van der Waals surface area contributed by atoms with Crippen molar-refractivity contribution < 1.29 is 9.59 Å². The molecule has 0 radical (unpaired) electrons. The summed E-state index contributed by atoms with van der Waals surface area (Å²) in [6, 6.07) is 15.5. The molecule has 2 aliphatic rings. The van der Waals surface area contributed by atoms with Crippen molar-refractivity contribution in [3.63, 3.8) is 0 Å². The molecule has 0 bridgehead atoms. The zero-order valence-electron chi connectivity index (χ0n) is 15.6. The van der Waals surface area contributed by atoms with E-state index in [9.17, 15) is 9.59 Å². The smallest absolute Gasteiger partial charge is 0.241 e. The quantitative estimate of drug-likeness (QED) is 0.670. The summed E-state index contributed by atoms with van der Waals surface area (Å²) < 4.78 is 0. The van der Waals surface area contributed by atoms with E-state index in [1.807, 2.05) is 61.5 Å². The summed E-state index contributed by atoms with van der Waals surface area (Å²) in [5.74, 6) is -0.979. The van der Waals surface area contributed by atoms with Crippen LogP contribution in [0.1, 0.15) is 12.5 Å². The van der Waals surface area contributed by atoms with Gasteiger partial charge in [0.25, 0.3) is 0 Å². The summed E-state index contributed by atoms with van der Waals surface area (Å²) >= 11 is 0. The number of hydrogen-bond acceptors (Lipinski definition) is 4. The molecule has 2 aromatic rings. The van der Waals surface area contributed by atoms with Gasteiger partial charge in [-0.05, 0) is 38.1 Å². The summed E-state index contributed by atoms with van der Waals surface area (Å²) in [6.07, 6.45) is 1.50. The summed E-state index contributed by atoms with van der Waals surface area (Å²) in [5, 5.41) is 3.50. The second-order valence-electron chi connectivity index (χ2n) is 7.17. The van der Waals surface area contributed by atoms with Gasteiger partial charge >= 0.3 is 0 Å². The maximum absolute atomic E-state index is 13.3. The molecule has 1 N–H and O–H groups in total. The standard InChI is InChI=1S/C22H23N3O2/c1-4-13-24-18-8-6-5-7-17(18)23-21-20(24)19(15(3)26)22(27)25(21)16-11-9-14(2)10-12-16/h4-12,19-21,23H,1,13H2,2-3H3/t19-,20-,21-/m0/s1. The van der Waals surface area contributed by atoms with Crippen LogP contribution in [-0.2, 0) is 9.59 Å². The number of nitrogens with one attached hydrogen (secondary N) is 1. The van der Waals surface area contributed by atoms with Gasteiger partial charge in [0.05, 0.1) is 17.4 Å². The van der Waals surface area contributed by atoms with E-state index in [0.29, 0.717) is 6.54 Å². The molecule has 0 aromatic heterocycles. The fourth-order valence-corrected chi connectivity index (χ4v) is 4.20. The molecule has 1 amide bonds. The summed E-state index contributed by atoms with van der Waals surface area (Å²) in [6.45, 7) is 7.96. The topological polar surface area (TPSA) is 52.7 Å². The van der Waals surface area contributed by atoms with Gasteiger partial charge < -0.3 is 10.2 Å². The van der Waals surface area contributed by atoms with E-state index in [1.54, 1.807) is 4.90 Å². The molecule has 0 aliphatic carbocycles. The molecule has 5 heteroatoms. The molecule has 1 fully saturated rings. The number of anilines is 3. The Bertz CT molecular complexity index is 906. The average Bonchev–Trinajstić information content (AvgIpc) is 2.94. The van der Waals surface area contributed by atoms with Crippen molar-refractivity contribution >= 4 is 28.8 Å². The van der Waals surface area contributed by atoms with Crippen LogP contribution in [0, 0.1) is 12.8 Å². The maximum atomic E-state index is 13.3. The first kappa shape index (κ1) is 17.3. The molecule has 0 saturated carbocycles. The van der Waals surface area contributed by atoms with E-state index in [4.69, 9.17) is 0 Å². The van der Waals surface area contributed by atoms with Crippen molar-refractivity contribution in [1.82, 2.24) is 0 Å². The van der Waals surface area contributed by atoms with Crippen LogP contribution in [0.5, 0.6) is 0 Å². The molecule has 0 spiro atoms. The summed E-state index contributed by atoms with van der Waals surface area (Å²) in [7, 11) is 0. The Morgan fingerprint density at radius 2 is 1.89 bits per heavy atom. The molecular weight excluding hydrogens is 338 g/mol. The Kier molecular flexibility index (Phi) is 4.22. The third kappa shape index (κ3) is 2.70. The van der Waals surface area contributed by atoms with Gasteiger partial charge in [-0.15, -0.1) is 6.58 Å².